The average molecular weight is 354 g/mol. The van der Waals surface area contributed by atoms with Crippen molar-refractivity contribution in [3.05, 3.63) is 106 Å². The van der Waals surface area contributed by atoms with E-state index < -0.39 is 0 Å². The summed E-state index contributed by atoms with van der Waals surface area (Å²) in [6, 6.07) is 23.2. The molecule has 0 unspecified atom stereocenters. The number of aromatic nitrogens is 1. The molecule has 0 fully saturated rings. The van der Waals surface area contributed by atoms with E-state index in [0.717, 1.165) is 11.1 Å². The molecule has 1 heterocycles. The normalized spacial score (nSPS) is 11.0. The van der Waals surface area contributed by atoms with Gasteiger partial charge in [-0.1, -0.05) is 60.7 Å². The van der Waals surface area contributed by atoms with E-state index in [-0.39, 0.29) is 23.8 Å². The van der Waals surface area contributed by atoms with Gasteiger partial charge in [0, 0.05) is 6.20 Å². The lowest BCUT2D eigenvalue weighted by Gasteiger charge is -2.08. The highest BCUT2D eigenvalue weighted by Crippen LogP contribution is 2.03. The number of hydrogen-bond donors (Lipinski definition) is 1. The maximum Gasteiger partial charge on any atom is 0.261 e. The summed E-state index contributed by atoms with van der Waals surface area (Å²) in [6.07, 6.45) is 1.77. The highest BCUT2D eigenvalue weighted by Gasteiger charge is 2.07. The van der Waals surface area contributed by atoms with Gasteiger partial charge >= 0.3 is 0 Å². The molecule has 2 aromatic carbocycles. The first-order valence-electron chi connectivity index (χ1n) is 7.81. The first-order valence-corrected chi connectivity index (χ1v) is 7.81. The Morgan fingerprint density at radius 2 is 1.48 bits per heavy atom. The number of pyridine rings is 1. The molecule has 1 aromatic heterocycles. The van der Waals surface area contributed by atoms with Crippen molar-refractivity contribution in [2.45, 2.75) is 13.1 Å². The third-order valence-corrected chi connectivity index (χ3v) is 3.77. The number of nitrogens with zero attached hydrogens (tertiary/aromatic N) is 2. The third-order valence-electron chi connectivity index (χ3n) is 3.77. The molecule has 2 N–H and O–H groups in total. The van der Waals surface area contributed by atoms with Crippen molar-refractivity contribution < 1.29 is 0 Å². The minimum Gasteiger partial charge on any atom is -0.383 e. The summed E-state index contributed by atoms with van der Waals surface area (Å²) in [4.78, 5) is 17.0. The Kier molecular flexibility index (Phi) is 6.54. The lowest BCUT2D eigenvalue weighted by Crippen LogP contribution is -2.30. The predicted molar refractivity (Wildman–Crippen MR) is 104 cm³/mol. The SMILES string of the molecule is Cl.NC(=NCc1ccccc1)c1cccn(Cc2ccccc2)c1=O. The zero-order valence-electron chi connectivity index (χ0n) is 13.7. The van der Waals surface area contributed by atoms with Crippen molar-refractivity contribution in [3.8, 4) is 0 Å². The van der Waals surface area contributed by atoms with Gasteiger partial charge < -0.3 is 10.3 Å². The number of nitrogens with two attached hydrogens (primary N) is 1. The minimum atomic E-state index is -0.129. The first-order chi connectivity index (χ1) is 11.7. The molecule has 0 radical (unpaired) electrons. The molecule has 3 rings (SSSR count). The van der Waals surface area contributed by atoms with E-state index in [4.69, 9.17) is 5.73 Å². The van der Waals surface area contributed by atoms with Gasteiger partial charge in [-0.2, -0.15) is 0 Å². The van der Waals surface area contributed by atoms with Crippen LogP contribution in [0.3, 0.4) is 0 Å². The molecular formula is C20H20ClN3O. The zero-order chi connectivity index (χ0) is 16.8. The quantitative estimate of drug-likeness (QED) is 0.565. The third kappa shape index (κ3) is 4.81. The van der Waals surface area contributed by atoms with Crippen LogP contribution in [0, 0.1) is 0 Å². The van der Waals surface area contributed by atoms with Gasteiger partial charge in [-0.15, -0.1) is 12.4 Å². The lowest BCUT2D eigenvalue weighted by atomic mass is 10.2. The number of halogens is 1. The Morgan fingerprint density at radius 1 is 0.880 bits per heavy atom. The summed E-state index contributed by atoms with van der Waals surface area (Å²) < 4.78 is 1.65. The first kappa shape index (κ1) is 18.5. The van der Waals surface area contributed by atoms with Crippen LogP contribution in [0.4, 0.5) is 0 Å². The summed E-state index contributed by atoms with van der Waals surface area (Å²) in [5.41, 5.74) is 8.47. The second kappa shape index (κ2) is 8.85. The molecule has 0 aliphatic rings. The molecule has 128 valence electrons. The molecule has 25 heavy (non-hydrogen) atoms. The largest absolute Gasteiger partial charge is 0.383 e. The van der Waals surface area contributed by atoms with Crippen molar-refractivity contribution in [1.82, 2.24) is 4.57 Å². The van der Waals surface area contributed by atoms with Crippen LogP contribution in [0.25, 0.3) is 0 Å². The van der Waals surface area contributed by atoms with Gasteiger partial charge in [0.2, 0.25) is 0 Å². The van der Waals surface area contributed by atoms with Crippen molar-refractivity contribution in [2.75, 3.05) is 0 Å². The van der Waals surface area contributed by atoms with Gasteiger partial charge in [0.25, 0.3) is 5.56 Å². The van der Waals surface area contributed by atoms with Gasteiger partial charge in [-0.05, 0) is 23.3 Å². The molecule has 0 aliphatic carbocycles. The second-order valence-corrected chi connectivity index (χ2v) is 5.53. The molecule has 3 aromatic rings. The van der Waals surface area contributed by atoms with Gasteiger partial charge in [-0.25, -0.2) is 0 Å². The van der Waals surface area contributed by atoms with Crippen LogP contribution in [0.1, 0.15) is 16.7 Å². The molecule has 4 nitrogen and oxygen atoms in total. The van der Waals surface area contributed by atoms with E-state index in [1.807, 2.05) is 66.7 Å². The highest BCUT2D eigenvalue weighted by molar-refractivity contribution is 5.97. The lowest BCUT2D eigenvalue weighted by molar-refractivity contribution is 0.757. The van der Waals surface area contributed by atoms with Crippen molar-refractivity contribution >= 4 is 18.2 Å². The number of aliphatic imine (C=N–C) groups is 1. The Balaban J connectivity index is 0.00000225. The molecule has 0 amide bonds. The van der Waals surface area contributed by atoms with Crippen LogP contribution >= 0.6 is 12.4 Å². The van der Waals surface area contributed by atoms with E-state index in [1.54, 1.807) is 16.8 Å². The fourth-order valence-electron chi connectivity index (χ4n) is 2.48. The van der Waals surface area contributed by atoms with Gasteiger partial charge in [0.05, 0.1) is 18.7 Å². The fourth-order valence-corrected chi connectivity index (χ4v) is 2.48. The summed E-state index contributed by atoms with van der Waals surface area (Å²) >= 11 is 0. The highest BCUT2D eigenvalue weighted by atomic mass is 35.5. The van der Waals surface area contributed by atoms with Crippen LogP contribution in [0.2, 0.25) is 0 Å². The molecule has 0 atom stereocenters. The monoisotopic (exact) mass is 353 g/mol. The van der Waals surface area contributed by atoms with E-state index in [9.17, 15) is 4.79 Å². The summed E-state index contributed by atoms with van der Waals surface area (Å²) in [7, 11) is 0. The van der Waals surface area contributed by atoms with Crippen molar-refractivity contribution in [1.29, 1.82) is 0 Å². The Morgan fingerprint density at radius 3 is 2.12 bits per heavy atom. The van der Waals surface area contributed by atoms with Crippen LogP contribution in [0.5, 0.6) is 0 Å². The summed E-state index contributed by atoms with van der Waals surface area (Å²) in [6.45, 7) is 0.971. The van der Waals surface area contributed by atoms with Crippen molar-refractivity contribution in [3.63, 3.8) is 0 Å². The Hall–Kier alpha value is -2.85. The summed E-state index contributed by atoms with van der Waals surface area (Å²) in [5, 5.41) is 0. The molecule has 0 saturated carbocycles. The second-order valence-electron chi connectivity index (χ2n) is 5.53. The van der Waals surface area contributed by atoms with E-state index in [0.29, 0.717) is 18.7 Å². The topological polar surface area (TPSA) is 60.4 Å². The van der Waals surface area contributed by atoms with Crippen LogP contribution in [-0.4, -0.2) is 10.4 Å². The maximum absolute atomic E-state index is 12.6. The van der Waals surface area contributed by atoms with Crippen LogP contribution in [0.15, 0.2) is 88.8 Å². The molecular weight excluding hydrogens is 334 g/mol. The van der Waals surface area contributed by atoms with Gasteiger partial charge in [-0.3, -0.25) is 9.79 Å². The number of rotatable bonds is 5. The Labute approximate surface area is 153 Å². The van der Waals surface area contributed by atoms with E-state index >= 15 is 0 Å². The Bertz CT molecular complexity index is 890. The predicted octanol–water partition coefficient (Wildman–Crippen LogP) is 3.22. The smallest absolute Gasteiger partial charge is 0.261 e. The number of benzene rings is 2. The molecule has 0 bridgehead atoms. The van der Waals surface area contributed by atoms with Gasteiger partial charge in [0.15, 0.2) is 0 Å². The molecule has 0 aliphatic heterocycles. The molecule has 0 saturated heterocycles. The number of amidine groups is 1. The molecule has 5 heteroatoms. The van der Waals surface area contributed by atoms with E-state index in [1.165, 1.54) is 0 Å². The van der Waals surface area contributed by atoms with E-state index in [2.05, 4.69) is 4.99 Å². The molecule has 0 spiro atoms. The zero-order valence-corrected chi connectivity index (χ0v) is 14.5. The van der Waals surface area contributed by atoms with Crippen molar-refractivity contribution in [2.24, 2.45) is 10.7 Å². The summed E-state index contributed by atoms with van der Waals surface area (Å²) in [5.74, 6) is 0.270. The average Bonchev–Trinajstić information content (AvgIpc) is 2.63. The maximum atomic E-state index is 12.6. The van der Waals surface area contributed by atoms with Gasteiger partial charge in [0.1, 0.15) is 5.84 Å². The standard InChI is InChI=1S/C20H19N3O.ClH/c21-19(22-14-16-8-3-1-4-9-16)18-12-7-13-23(20(18)24)15-17-10-5-2-6-11-17;/h1-13H,14-15H2,(H2,21,22);1H. The van der Waals surface area contributed by atoms with Crippen LogP contribution in [-0.2, 0) is 13.1 Å². The minimum absolute atomic E-state index is 0. The number of hydrogen-bond acceptors (Lipinski definition) is 2. The fraction of sp³-hybridized carbons (Fsp3) is 0.100. The van der Waals surface area contributed by atoms with Crippen LogP contribution < -0.4 is 11.3 Å².